The number of ether oxygens (including phenoxy) is 1. The highest BCUT2D eigenvalue weighted by molar-refractivity contribution is 5.67. The third-order valence-corrected chi connectivity index (χ3v) is 8.71. The summed E-state index contributed by atoms with van der Waals surface area (Å²) in [6, 6.07) is 29.2. The van der Waals surface area contributed by atoms with Crippen LogP contribution in [0.5, 0.6) is 5.75 Å². The van der Waals surface area contributed by atoms with Gasteiger partial charge in [-0.2, -0.15) is 0 Å². The number of rotatable bonds is 13. The van der Waals surface area contributed by atoms with Gasteiger partial charge in [0, 0.05) is 24.1 Å². The van der Waals surface area contributed by atoms with Gasteiger partial charge in [0.1, 0.15) is 11.6 Å². The van der Waals surface area contributed by atoms with Crippen LogP contribution in [0.3, 0.4) is 0 Å². The van der Waals surface area contributed by atoms with Crippen LogP contribution in [0.4, 0.5) is 10.1 Å². The number of phenolic OH excluding ortho intramolecular Hbond substituents is 1. The lowest BCUT2D eigenvalue weighted by Gasteiger charge is -2.34. The first kappa shape index (κ1) is 32.6. The molecule has 5 unspecified atom stereocenters. The minimum Gasteiger partial charge on any atom is -0.508 e. The molecule has 0 amide bonds. The molecule has 0 aliphatic carbocycles. The topological polar surface area (TPSA) is 119 Å². The molecule has 1 fully saturated rings. The summed E-state index contributed by atoms with van der Waals surface area (Å²) in [5.74, 6) is -0.155. The number of nitrogens with two attached hydrogens (primary N) is 1. The van der Waals surface area contributed by atoms with Gasteiger partial charge in [-0.05, 0) is 65.4 Å². The third kappa shape index (κ3) is 8.28. The van der Waals surface area contributed by atoms with Gasteiger partial charge >= 0.3 is 0 Å². The molecule has 5 atom stereocenters. The highest BCUT2D eigenvalue weighted by Gasteiger charge is 2.29. The number of unbranched alkanes of at least 4 members (excludes halogenated alkanes) is 1. The van der Waals surface area contributed by atoms with Gasteiger partial charge in [0.15, 0.2) is 0 Å². The highest BCUT2D eigenvalue weighted by Crippen LogP contribution is 2.39. The molecule has 5 rings (SSSR count). The second-order valence-electron chi connectivity index (χ2n) is 11.8. The van der Waals surface area contributed by atoms with E-state index in [-0.39, 0.29) is 43.1 Å². The Bertz CT molecular complexity index is 1490. The second kappa shape index (κ2) is 15.5. The lowest BCUT2D eigenvalue weighted by Crippen LogP contribution is -2.34. The first-order valence-electron chi connectivity index (χ1n) is 15.7. The molecular weight excluding hydrogens is 571 g/mol. The van der Waals surface area contributed by atoms with Gasteiger partial charge in [-0.25, -0.2) is 4.39 Å². The molecule has 1 heterocycles. The number of anilines is 1. The zero-order valence-corrected chi connectivity index (χ0v) is 25.4. The number of aliphatic hydroxyl groups is 3. The Morgan fingerprint density at radius 2 is 1.56 bits per heavy atom. The predicted octanol–water partition coefficient (Wildman–Crippen LogP) is 6.53. The molecule has 0 bridgehead atoms. The maximum absolute atomic E-state index is 13.3. The Morgan fingerprint density at radius 3 is 2.22 bits per heavy atom. The van der Waals surface area contributed by atoms with E-state index in [4.69, 9.17) is 10.5 Å². The number of hydrogen-bond donors (Lipinski definition) is 5. The maximum Gasteiger partial charge on any atom is 0.123 e. The number of aromatic hydroxyl groups is 1. The molecule has 1 saturated heterocycles. The molecule has 0 aromatic heterocycles. The zero-order valence-electron chi connectivity index (χ0n) is 25.4. The smallest absolute Gasteiger partial charge is 0.123 e. The third-order valence-electron chi connectivity index (χ3n) is 8.71. The van der Waals surface area contributed by atoms with E-state index in [1.807, 2.05) is 66.7 Å². The predicted molar refractivity (Wildman–Crippen MR) is 174 cm³/mol. The minimum atomic E-state index is -0.672. The number of aliphatic hydroxyl groups excluding tert-OH is 3. The Kier molecular flexibility index (Phi) is 11.2. The van der Waals surface area contributed by atoms with Gasteiger partial charge in [0.05, 0.1) is 43.7 Å². The first-order chi connectivity index (χ1) is 21.9. The number of hydrogen-bond acceptors (Lipinski definition) is 7. The largest absolute Gasteiger partial charge is 0.508 e. The Hall–Kier alpha value is -3.79. The van der Waals surface area contributed by atoms with E-state index < -0.39 is 12.2 Å². The fourth-order valence-electron chi connectivity index (χ4n) is 6.26. The van der Waals surface area contributed by atoms with Crippen molar-refractivity contribution < 1.29 is 29.6 Å². The molecule has 0 spiro atoms. The Morgan fingerprint density at radius 1 is 0.867 bits per heavy atom. The van der Waals surface area contributed by atoms with E-state index in [2.05, 4.69) is 4.90 Å². The highest BCUT2D eigenvalue weighted by atomic mass is 19.1. The monoisotopic (exact) mass is 614 g/mol. The van der Waals surface area contributed by atoms with E-state index in [9.17, 15) is 24.8 Å². The van der Waals surface area contributed by atoms with Crippen molar-refractivity contribution in [3.63, 3.8) is 0 Å². The van der Waals surface area contributed by atoms with Crippen LogP contribution in [0.25, 0.3) is 11.1 Å². The van der Waals surface area contributed by atoms with E-state index in [1.54, 1.807) is 18.2 Å². The molecule has 8 heteroatoms. The minimum absolute atomic E-state index is 0.123. The fraction of sp³-hybridized carbons (Fsp3) is 0.351. The molecule has 238 valence electrons. The molecule has 7 nitrogen and oxygen atoms in total. The van der Waals surface area contributed by atoms with Crippen LogP contribution in [0.1, 0.15) is 73.5 Å². The molecule has 0 radical (unpaired) electrons. The van der Waals surface area contributed by atoms with Gasteiger partial charge in [0.25, 0.3) is 0 Å². The van der Waals surface area contributed by atoms with E-state index in [1.165, 1.54) is 12.1 Å². The molecule has 0 saturated carbocycles. The number of halogens is 1. The van der Waals surface area contributed by atoms with Crippen molar-refractivity contribution in [3.05, 3.63) is 120 Å². The van der Waals surface area contributed by atoms with Crippen molar-refractivity contribution >= 4 is 5.69 Å². The molecular formula is C37H43FN2O5. The maximum atomic E-state index is 13.3. The van der Waals surface area contributed by atoms with Crippen molar-refractivity contribution in [2.45, 2.75) is 69.0 Å². The van der Waals surface area contributed by atoms with Gasteiger partial charge in [-0.1, -0.05) is 79.6 Å². The molecule has 4 aromatic carbocycles. The summed E-state index contributed by atoms with van der Waals surface area (Å²) in [6.07, 6.45) is 1.84. The Balaban J connectivity index is 1.32. The zero-order chi connectivity index (χ0) is 31.8. The number of phenols is 1. The summed E-state index contributed by atoms with van der Waals surface area (Å²) in [4.78, 5) is 2.08. The van der Waals surface area contributed by atoms with Crippen LogP contribution in [-0.4, -0.2) is 45.9 Å². The number of benzene rings is 4. The van der Waals surface area contributed by atoms with Crippen LogP contribution in [-0.2, 0) is 4.74 Å². The first-order valence-corrected chi connectivity index (χ1v) is 15.7. The second-order valence-corrected chi connectivity index (χ2v) is 11.8. The van der Waals surface area contributed by atoms with Gasteiger partial charge < -0.3 is 35.8 Å². The lowest BCUT2D eigenvalue weighted by molar-refractivity contribution is -0.113. The SMILES string of the molecule is NCN(c1ccccc1)C(CCCCC(O)c1ccc(F)cc1)c1ccc(-c2ccc(C3CC(O)CC(CO)O3)cc2)cc1O. The van der Waals surface area contributed by atoms with Crippen LogP contribution < -0.4 is 10.6 Å². The van der Waals surface area contributed by atoms with Crippen LogP contribution in [0, 0.1) is 5.82 Å². The molecule has 6 N–H and O–H groups in total. The van der Waals surface area contributed by atoms with E-state index >= 15 is 0 Å². The fourth-order valence-corrected chi connectivity index (χ4v) is 6.26. The number of nitrogens with zero attached hydrogens (tertiary/aromatic N) is 1. The quantitative estimate of drug-likeness (QED) is 0.0858. The van der Waals surface area contributed by atoms with Crippen molar-refractivity contribution in [1.29, 1.82) is 0 Å². The number of para-hydroxylation sites is 1. The summed E-state index contributed by atoms with van der Waals surface area (Å²) in [7, 11) is 0. The lowest BCUT2D eigenvalue weighted by atomic mass is 9.92. The van der Waals surface area contributed by atoms with E-state index in [0.717, 1.165) is 40.8 Å². The van der Waals surface area contributed by atoms with Crippen molar-refractivity contribution in [3.8, 4) is 16.9 Å². The summed E-state index contributed by atoms with van der Waals surface area (Å²) >= 11 is 0. The molecule has 1 aliphatic rings. The average molecular weight is 615 g/mol. The standard InChI is InChI=1S/C37H43FN2O5/c38-29-17-14-26(15-18-29)35(43)9-5-4-8-34(40(24-39)30-6-2-1-3-7-30)33-19-16-28(20-36(33)44)25-10-12-27(13-11-25)37-22-31(42)21-32(23-41)45-37/h1-3,6-7,10-20,31-32,34-35,37,41-44H,4-5,8-9,21-24,39H2. The van der Waals surface area contributed by atoms with Gasteiger partial charge in [-0.3, -0.25) is 0 Å². The van der Waals surface area contributed by atoms with Gasteiger partial charge in [-0.15, -0.1) is 0 Å². The van der Waals surface area contributed by atoms with E-state index in [0.29, 0.717) is 31.2 Å². The van der Waals surface area contributed by atoms with Crippen molar-refractivity contribution in [1.82, 2.24) is 0 Å². The molecule has 4 aromatic rings. The normalized spacial score (nSPS) is 19.6. The van der Waals surface area contributed by atoms with Crippen LogP contribution in [0.15, 0.2) is 97.1 Å². The summed E-state index contributed by atoms with van der Waals surface area (Å²) in [6.45, 7) is 0.132. The summed E-state index contributed by atoms with van der Waals surface area (Å²) < 4.78 is 19.3. The van der Waals surface area contributed by atoms with Crippen molar-refractivity contribution in [2.75, 3.05) is 18.2 Å². The summed E-state index contributed by atoms with van der Waals surface area (Å²) in [5, 5.41) is 41.7. The molecule has 45 heavy (non-hydrogen) atoms. The molecule has 1 aliphatic heterocycles. The summed E-state index contributed by atoms with van der Waals surface area (Å²) in [5.41, 5.74) is 11.4. The van der Waals surface area contributed by atoms with Crippen LogP contribution >= 0.6 is 0 Å². The average Bonchev–Trinajstić information content (AvgIpc) is 3.06. The van der Waals surface area contributed by atoms with Crippen molar-refractivity contribution in [2.24, 2.45) is 5.73 Å². The Labute approximate surface area is 264 Å². The van der Waals surface area contributed by atoms with Crippen LogP contribution in [0.2, 0.25) is 0 Å². The van der Waals surface area contributed by atoms with Gasteiger partial charge in [0.2, 0.25) is 0 Å².